The Bertz CT molecular complexity index is 926. The molecule has 29 heavy (non-hydrogen) atoms. The van der Waals surface area contributed by atoms with E-state index in [9.17, 15) is 4.57 Å². The molecule has 0 spiro atoms. The van der Waals surface area contributed by atoms with Gasteiger partial charge in [-0.15, -0.1) is 0 Å². The van der Waals surface area contributed by atoms with Crippen LogP contribution in [0.25, 0.3) is 0 Å². The zero-order chi connectivity index (χ0) is 20.9. The van der Waals surface area contributed by atoms with Gasteiger partial charge in [-0.3, -0.25) is 5.09 Å². The number of nitrogens with one attached hydrogen (secondary N) is 1. The van der Waals surface area contributed by atoms with Crippen molar-refractivity contribution < 1.29 is 18.3 Å². The first-order valence-corrected chi connectivity index (χ1v) is 11.2. The molecule has 0 fully saturated rings. The lowest BCUT2D eigenvalue weighted by Gasteiger charge is -2.21. The first-order chi connectivity index (χ1) is 13.8. The largest absolute Gasteiger partial charge is 0.541 e. The summed E-state index contributed by atoms with van der Waals surface area (Å²) in [6, 6.07) is 20.0. The van der Waals surface area contributed by atoms with E-state index in [4.69, 9.17) is 37.0 Å². The second-order valence-corrected chi connectivity index (χ2v) is 8.85. The van der Waals surface area contributed by atoms with Gasteiger partial charge in [-0.1, -0.05) is 23.2 Å². The Morgan fingerprint density at radius 3 is 1.55 bits per heavy atom. The average Bonchev–Trinajstić information content (AvgIpc) is 2.67. The lowest BCUT2D eigenvalue weighted by molar-refractivity contribution is 0.242. The first-order valence-electron chi connectivity index (χ1n) is 8.87. The number of hydrogen-bond acceptors (Lipinski definition) is 4. The third-order valence-corrected chi connectivity index (χ3v) is 5.51. The molecule has 0 aromatic heterocycles. The maximum absolute atomic E-state index is 13.5. The summed E-state index contributed by atoms with van der Waals surface area (Å²) < 4.78 is 30.5. The average molecular weight is 452 g/mol. The fourth-order valence-corrected chi connectivity index (χ4v) is 4.02. The van der Waals surface area contributed by atoms with E-state index in [0.717, 1.165) is 0 Å². The molecule has 0 aliphatic rings. The van der Waals surface area contributed by atoms with Crippen LogP contribution in [0.1, 0.15) is 13.8 Å². The third kappa shape index (κ3) is 6.60. The Kier molecular flexibility index (Phi) is 6.96. The van der Waals surface area contributed by atoms with Gasteiger partial charge >= 0.3 is 7.75 Å². The molecule has 5 nitrogen and oxygen atoms in total. The van der Waals surface area contributed by atoms with E-state index in [0.29, 0.717) is 33.0 Å². The Balaban J connectivity index is 1.83. The van der Waals surface area contributed by atoms with E-state index in [2.05, 4.69) is 5.09 Å². The molecule has 0 bridgehead atoms. The second-order valence-electron chi connectivity index (χ2n) is 6.39. The van der Waals surface area contributed by atoms with Crippen LogP contribution in [0, 0.1) is 0 Å². The van der Waals surface area contributed by atoms with Gasteiger partial charge < -0.3 is 13.8 Å². The summed E-state index contributed by atoms with van der Waals surface area (Å²) in [5, 5.41) is 3.93. The molecule has 0 saturated carbocycles. The van der Waals surface area contributed by atoms with E-state index < -0.39 is 7.75 Å². The fraction of sp³-hybridized carbons (Fsp3) is 0.143. The van der Waals surface area contributed by atoms with E-state index >= 15 is 0 Å². The number of hydrogen-bond donors (Lipinski definition) is 1. The summed E-state index contributed by atoms with van der Waals surface area (Å²) in [6.45, 7) is 3.89. The molecule has 3 aromatic rings. The van der Waals surface area contributed by atoms with Crippen LogP contribution >= 0.6 is 30.9 Å². The molecule has 8 heteroatoms. The third-order valence-electron chi connectivity index (χ3n) is 3.57. The Morgan fingerprint density at radius 2 is 1.14 bits per heavy atom. The number of benzene rings is 3. The van der Waals surface area contributed by atoms with E-state index in [1.807, 2.05) is 13.8 Å². The van der Waals surface area contributed by atoms with Crippen molar-refractivity contribution in [2.45, 2.75) is 20.0 Å². The van der Waals surface area contributed by atoms with Gasteiger partial charge in [0.1, 0.15) is 17.2 Å². The van der Waals surface area contributed by atoms with Crippen LogP contribution < -0.4 is 18.9 Å². The summed E-state index contributed by atoms with van der Waals surface area (Å²) in [5.74, 6) is 1.40. The first kappa shape index (κ1) is 21.4. The van der Waals surface area contributed by atoms with Crippen LogP contribution in [0.2, 0.25) is 10.0 Å². The summed E-state index contributed by atoms with van der Waals surface area (Å²) in [6.07, 6.45) is 0.0568. The minimum absolute atomic E-state index is 0.0568. The van der Waals surface area contributed by atoms with Crippen molar-refractivity contribution in [3.05, 3.63) is 82.8 Å². The molecule has 0 unspecified atom stereocenters. The molecule has 0 saturated heterocycles. The predicted octanol–water partition coefficient (Wildman–Crippen LogP) is 7.46. The number of anilines is 1. The molecule has 0 atom stereocenters. The SMILES string of the molecule is CC(C)Oc1ccc(NP(=O)(Oc2ccc(Cl)cc2)Oc2ccc(Cl)cc2)cc1. The van der Waals surface area contributed by atoms with Gasteiger partial charge in [-0.2, -0.15) is 0 Å². The van der Waals surface area contributed by atoms with E-state index in [1.165, 1.54) is 0 Å². The van der Waals surface area contributed by atoms with Gasteiger partial charge in [0.2, 0.25) is 0 Å². The van der Waals surface area contributed by atoms with Crippen molar-refractivity contribution in [1.29, 1.82) is 0 Å². The van der Waals surface area contributed by atoms with E-state index in [-0.39, 0.29) is 6.10 Å². The predicted molar refractivity (Wildman–Crippen MR) is 118 cm³/mol. The minimum Gasteiger partial charge on any atom is -0.491 e. The van der Waals surface area contributed by atoms with Crippen molar-refractivity contribution in [3.8, 4) is 17.2 Å². The number of rotatable bonds is 8. The molecule has 3 rings (SSSR count). The fourth-order valence-electron chi connectivity index (χ4n) is 2.37. The van der Waals surface area contributed by atoms with Gasteiger partial charge in [-0.05, 0) is 86.6 Å². The zero-order valence-corrected chi connectivity index (χ0v) is 18.2. The van der Waals surface area contributed by atoms with Crippen molar-refractivity contribution in [3.63, 3.8) is 0 Å². The van der Waals surface area contributed by atoms with Gasteiger partial charge in [0.05, 0.1) is 6.10 Å². The summed E-state index contributed by atoms with van der Waals surface area (Å²) >= 11 is 11.8. The van der Waals surface area contributed by atoms with Crippen LogP contribution in [0.5, 0.6) is 17.2 Å². The molecule has 3 aromatic carbocycles. The highest BCUT2D eigenvalue weighted by atomic mass is 35.5. The number of halogens is 2. The van der Waals surface area contributed by atoms with E-state index in [1.54, 1.807) is 72.8 Å². The second kappa shape index (κ2) is 9.45. The normalized spacial score (nSPS) is 11.2. The topological polar surface area (TPSA) is 56.8 Å². The summed E-state index contributed by atoms with van der Waals surface area (Å²) in [5.41, 5.74) is 0.548. The van der Waals surface area contributed by atoms with Crippen LogP contribution in [-0.4, -0.2) is 6.10 Å². The molecule has 0 heterocycles. The number of ether oxygens (including phenoxy) is 1. The Morgan fingerprint density at radius 1 is 0.724 bits per heavy atom. The smallest absolute Gasteiger partial charge is 0.491 e. The highest BCUT2D eigenvalue weighted by molar-refractivity contribution is 7.56. The standard InChI is InChI=1S/C21H20Cl2NO4P/c1-15(2)26-19-13-7-18(8-14-19)24-29(25,27-20-9-3-16(22)4-10-20)28-21-11-5-17(23)6-12-21/h3-15H,1-2H3,(H,24,25). The van der Waals surface area contributed by atoms with Crippen molar-refractivity contribution in [2.75, 3.05) is 5.09 Å². The molecular weight excluding hydrogens is 432 g/mol. The van der Waals surface area contributed by atoms with Crippen molar-refractivity contribution in [2.24, 2.45) is 0 Å². The minimum atomic E-state index is -3.83. The monoisotopic (exact) mass is 451 g/mol. The van der Waals surface area contributed by atoms with Gasteiger partial charge in [0, 0.05) is 15.7 Å². The Hall–Kier alpha value is -2.33. The van der Waals surface area contributed by atoms with Crippen LogP contribution in [0.15, 0.2) is 72.8 Å². The quantitative estimate of drug-likeness (QED) is 0.360. The molecule has 0 radical (unpaired) electrons. The highest BCUT2D eigenvalue weighted by Gasteiger charge is 2.29. The lowest BCUT2D eigenvalue weighted by Crippen LogP contribution is -2.10. The van der Waals surface area contributed by atoms with Gasteiger partial charge in [0.25, 0.3) is 0 Å². The van der Waals surface area contributed by atoms with Crippen LogP contribution in [0.4, 0.5) is 5.69 Å². The molecule has 0 aliphatic heterocycles. The lowest BCUT2D eigenvalue weighted by atomic mass is 10.3. The molecule has 0 aliphatic carbocycles. The Labute approximate surface area is 180 Å². The summed E-state index contributed by atoms with van der Waals surface area (Å²) in [7, 11) is -3.83. The highest BCUT2D eigenvalue weighted by Crippen LogP contribution is 2.48. The maximum Gasteiger partial charge on any atom is 0.541 e. The molecule has 1 N–H and O–H groups in total. The van der Waals surface area contributed by atoms with Gasteiger partial charge in [0.15, 0.2) is 0 Å². The van der Waals surface area contributed by atoms with Crippen molar-refractivity contribution in [1.82, 2.24) is 0 Å². The van der Waals surface area contributed by atoms with Gasteiger partial charge in [-0.25, -0.2) is 4.57 Å². The maximum atomic E-state index is 13.5. The van der Waals surface area contributed by atoms with Crippen molar-refractivity contribution >= 4 is 36.6 Å². The molecule has 0 amide bonds. The summed E-state index contributed by atoms with van der Waals surface area (Å²) in [4.78, 5) is 0. The van der Waals surface area contributed by atoms with Crippen LogP contribution in [-0.2, 0) is 4.57 Å². The molecular formula is C21H20Cl2NO4P. The molecule has 152 valence electrons. The zero-order valence-electron chi connectivity index (χ0n) is 15.8. The van der Waals surface area contributed by atoms with Crippen LogP contribution in [0.3, 0.4) is 0 Å².